The molecule has 0 radical (unpaired) electrons. The lowest BCUT2D eigenvalue weighted by molar-refractivity contribution is -0.136. The first-order chi connectivity index (χ1) is 15.8. The van der Waals surface area contributed by atoms with Crippen molar-refractivity contribution in [1.82, 2.24) is 5.43 Å². The number of ether oxygens (including phenoxy) is 2. The summed E-state index contributed by atoms with van der Waals surface area (Å²) >= 11 is 0. The Balaban J connectivity index is 1.87. The molecule has 3 amide bonds. The van der Waals surface area contributed by atoms with Crippen molar-refractivity contribution in [1.29, 1.82) is 0 Å². The van der Waals surface area contributed by atoms with E-state index in [2.05, 4.69) is 35.0 Å². The van der Waals surface area contributed by atoms with Crippen LogP contribution in [0.3, 0.4) is 0 Å². The number of nitrogens with one attached hydrogen (secondary N) is 3. The lowest BCUT2D eigenvalue weighted by Gasteiger charge is -2.11. The fraction of sp³-hybridized carbons (Fsp3) is 0.333. The topological polar surface area (TPSA) is 118 Å². The van der Waals surface area contributed by atoms with Gasteiger partial charge in [-0.25, -0.2) is 5.43 Å². The van der Waals surface area contributed by atoms with Crippen LogP contribution in [-0.4, -0.2) is 37.7 Å². The molecule has 2 aromatic carbocycles. The van der Waals surface area contributed by atoms with E-state index >= 15 is 0 Å². The molecular formula is C24H30N4O5. The highest BCUT2D eigenvalue weighted by Gasteiger charge is 2.16. The summed E-state index contributed by atoms with van der Waals surface area (Å²) in [7, 11) is 2.94. The zero-order valence-electron chi connectivity index (χ0n) is 19.5. The number of methoxy groups -OCH3 is 2. The monoisotopic (exact) mass is 454 g/mol. The molecule has 0 saturated heterocycles. The first kappa shape index (κ1) is 25.4. The molecule has 1 unspecified atom stereocenters. The van der Waals surface area contributed by atoms with E-state index in [0.717, 1.165) is 6.42 Å². The van der Waals surface area contributed by atoms with Crippen LogP contribution in [0.2, 0.25) is 0 Å². The summed E-state index contributed by atoms with van der Waals surface area (Å²) in [6.07, 6.45) is 1.00. The summed E-state index contributed by atoms with van der Waals surface area (Å²) in [6.45, 7) is 5.85. The number of hydrazone groups is 1. The second-order valence-electron chi connectivity index (χ2n) is 7.46. The van der Waals surface area contributed by atoms with Gasteiger partial charge >= 0.3 is 11.8 Å². The highest BCUT2D eigenvalue weighted by molar-refractivity contribution is 6.39. The quantitative estimate of drug-likeness (QED) is 0.303. The van der Waals surface area contributed by atoms with Crippen molar-refractivity contribution in [2.45, 2.75) is 39.5 Å². The first-order valence-electron chi connectivity index (χ1n) is 10.5. The van der Waals surface area contributed by atoms with Gasteiger partial charge in [0.25, 0.3) is 0 Å². The van der Waals surface area contributed by atoms with E-state index in [9.17, 15) is 14.4 Å². The van der Waals surface area contributed by atoms with Gasteiger partial charge in [-0.1, -0.05) is 26.0 Å². The Kier molecular flexibility index (Phi) is 9.41. The standard InChI is InChI=1S/C24H30N4O5/c1-6-15(2)17-7-9-18(10-8-17)25-22(29)13-16(3)27-28-24(31)23(30)26-20-12-11-19(32-4)14-21(20)33-5/h7-12,14-15H,6,13H2,1-5H3,(H,25,29)(H,26,30)(H,28,31)/b27-16+. The SMILES string of the molecule is CCC(C)c1ccc(NC(=O)C/C(C)=N/NC(=O)C(=O)Nc2ccc(OC)cc2OC)cc1. The number of benzene rings is 2. The molecule has 0 aliphatic rings. The molecule has 1 atom stereocenters. The van der Waals surface area contributed by atoms with E-state index in [-0.39, 0.29) is 12.3 Å². The number of rotatable bonds is 9. The van der Waals surface area contributed by atoms with E-state index in [1.54, 1.807) is 25.1 Å². The van der Waals surface area contributed by atoms with Crippen molar-refractivity contribution in [3.8, 4) is 11.5 Å². The number of carbonyl (C=O) groups excluding carboxylic acids is 3. The Bertz CT molecular complexity index is 1020. The maximum Gasteiger partial charge on any atom is 0.329 e. The molecule has 0 aliphatic carbocycles. The normalized spacial score (nSPS) is 11.8. The zero-order chi connectivity index (χ0) is 24.4. The smallest absolute Gasteiger partial charge is 0.329 e. The number of carbonyl (C=O) groups is 3. The molecule has 0 aliphatic heterocycles. The Morgan fingerprint density at radius 1 is 0.970 bits per heavy atom. The van der Waals surface area contributed by atoms with E-state index in [1.165, 1.54) is 19.8 Å². The summed E-state index contributed by atoms with van der Waals surface area (Å²) in [4.78, 5) is 36.4. The molecule has 0 heterocycles. The molecule has 0 spiro atoms. The molecule has 0 bridgehead atoms. The van der Waals surface area contributed by atoms with Crippen LogP contribution in [0, 0.1) is 0 Å². The summed E-state index contributed by atoms with van der Waals surface area (Å²) in [6, 6.07) is 12.4. The third-order valence-corrected chi connectivity index (χ3v) is 5.00. The van der Waals surface area contributed by atoms with Crippen LogP contribution in [0.1, 0.15) is 45.1 Å². The van der Waals surface area contributed by atoms with Crippen LogP contribution in [-0.2, 0) is 14.4 Å². The second kappa shape index (κ2) is 12.2. The maximum absolute atomic E-state index is 12.2. The molecular weight excluding hydrogens is 424 g/mol. The van der Waals surface area contributed by atoms with E-state index in [4.69, 9.17) is 9.47 Å². The Labute approximate surface area is 193 Å². The van der Waals surface area contributed by atoms with Crippen LogP contribution in [0.4, 0.5) is 11.4 Å². The van der Waals surface area contributed by atoms with Gasteiger partial charge < -0.3 is 20.1 Å². The summed E-state index contributed by atoms with van der Waals surface area (Å²) in [5, 5.41) is 9.06. The average Bonchev–Trinajstić information content (AvgIpc) is 2.82. The zero-order valence-corrected chi connectivity index (χ0v) is 19.5. The van der Waals surface area contributed by atoms with Gasteiger partial charge in [-0.05, 0) is 49.1 Å². The molecule has 0 aromatic heterocycles. The second-order valence-corrected chi connectivity index (χ2v) is 7.46. The van der Waals surface area contributed by atoms with Gasteiger partial charge in [-0.15, -0.1) is 0 Å². The summed E-state index contributed by atoms with van der Waals surface area (Å²) in [5.41, 5.74) is 4.68. The van der Waals surface area contributed by atoms with Gasteiger partial charge in [0.1, 0.15) is 11.5 Å². The Morgan fingerprint density at radius 2 is 1.67 bits per heavy atom. The third kappa shape index (κ3) is 7.64. The molecule has 9 heteroatoms. The minimum atomic E-state index is -0.978. The van der Waals surface area contributed by atoms with Crippen LogP contribution >= 0.6 is 0 Å². The number of amides is 3. The summed E-state index contributed by atoms with van der Waals surface area (Å²) in [5.74, 6) is -0.859. The minimum absolute atomic E-state index is 0.0404. The predicted octanol–water partition coefficient (Wildman–Crippen LogP) is 3.68. The molecule has 0 saturated carbocycles. The fourth-order valence-corrected chi connectivity index (χ4v) is 2.89. The van der Waals surface area contributed by atoms with Gasteiger partial charge in [0.2, 0.25) is 5.91 Å². The van der Waals surface area contributed by atoms with Gasteiger partial charge in [0.15, 0.2) is 0 Å². The first-order valence-corrected chi connectivity index (χ1v) is 10.5. The van der Waals surface area contributed by atoms with Crippen LogP contribution in [0.15, 0.2) is 47.6 Å². The van der Waals surface area contributed by atoms with Crippen molar-refractivity contribution in [3.63, 3.8) is 0 Å². The van der Waals surface area contributed by atoms with E-state index < -0.39 is 11.8 Å². The molecule has 0 fully saturated rings. The van der Waals surface area contributed by atoms with Gasteiger partial charge in [0, 0.05) is 17.5 Å². The number of hydrogen-bond donors (Lipinski definition) is 3. The lowest BCUT2D eigenvalue weighted by atomic mass is 9.99. The number of anilines is 2. The minimum Gasteiger partial charge on any atom is -0.497 e. The highest BCUT2D eigenvalue weighted by Crippen LogP contribution is 2.28. The van der Waals surface area contributed by atoms with Gasteiger partial charge in [-0.2, -0.15) is 5.10 Å². The predicted molar refractivity (Wildman–Crippen MR) is 128 cm³/mol. The maximum atomic E-state index is 12.2. The number of hydrogen-bond acceptors (Lipinski definition) is 6. The molecule has 2 rings (SSSR count). The van der Waals surface area contributed by atoms with Crippen LogP contribution in [0.5, 0.6) is 11.5 Å². The largest absolute Gasteiger partial charge is 0.497 e. The van der Waals surface area contributed by atoms with Crippen molar-refractivity contribution in [2.75, 3.05) is 24.9 Å². The van der Waals surface area contributed by atoms with Gasteiger partial charge in [-0.3, -0.25) is 14.4 Å². The lowest BCUT2D eigenvalue weighted by Crippen LogP contribution is -2.33. The van der Waals surface area contributed by atoms with E-state index in [1.807, 2.05) is 24.3 Å². The van der Waals surface area contributed by atoms with Crippen molar-refractivity contribution < 1.29 is 23.9 Å². The highest BCUT2D eigenvalue weighted by atomic mass is 16.5. The van der Waals surface area contributed by atoms with Crippen LogP contribution in [0.25, 0.3) is 0 Å². The molecule has 33 heavy (non-hydrogen) atoms. The molecule has 2 aromatic rings. The van der Waals surface area contributed by atoms with E-state index in [0.29, 0.717) is 34.5 Å². The van der Waals surface area contributed by atoms with Crippen molar-refractivity contribution >= 4 is 34.8 Å². The Morgan fingerprint density at radius 3 is 2.27 bits per heavy atom. The average molecular weight is 455 g/mol. The molecule has 9 nitrogen and oxygen atoms in total. The van der Waals surface area contributed by atoms with Crippen LogP contribution < -0.4 is 25.5 Å². The van der Waals surface area contributed by atoms with Crippen molar-refractivity contribution in [3.05, 3.63) is 48.0 Å². The third-order valence-electron chi connectivity index (χ3n) is 5.00. The molecule has 176 valence electrons. The molecule has 3 N–H and O–H groups in total. The fourth-order valence-electron chi connectivity index (χ4n) is 2.89. The number of nitrogens with zero attached hydrogens (tertiary/aromatic N) is 1. The Hall–Kier alpha value is -3.88. The summed E-state index contributed by atoms with van der Waals surface area (Å²) < 4.78 is 10.3. The van der Waals surface area contributed by atoms with Gasteiger partial charge in [0.05, 0.1) is 26.3 Å². The van der Waals surface area contributed by atoms with Crippen molar-refractivity contribution in [2.24, 2.45) is 5.10 Å².